The predicted molar refractivity (Wildman–Crippen MR) is 89.2 cm³/mol. The molecule has 1 aliphatic heterocycles. The summed E-state index contributed by atoms with van der Waals surface area (Å²) in [6, 6.07) is 4.20. The molecule has 2 aliphatic rings. The van der Waals surface area contributed by atoms with Crippen LogP contribution < -0.4 is 5.32 Å². The molecule has 1 atom stereocenters. The monoisotopic (exact) mass is 331 g/mol. The molecule has 5 nitrogen and oxygen atoms in total. The Morgan fingerprint density at radius 2 is 2.09 bits per heavy atom. The Morgan fingerprint density at radius 1 is 1.35 bits per heavy atom. The van der Waals surface area contributed by atoms with Crippen molar-refractivity contribution in [1.82, 2.24) is 14.9 Å². The van der Waals surface area contributed by atoms with Crippen LogP contribution in [0.3, 0.4) is 0 Å². The molecule has 0 radical (unpaired) electrons. The van der Waals surface area contributed by atoms with Crippen LogP contribution in [0.4, 0.5) is 0 Å². The van der Waals surface area contributed by atoms with Gasteiger partial charge < -0.3 is 14.6 Å². The van der Waals surface area contributed by atoms with Gasteiger partial charge in [0.1, 0.15) is 4.88 Å². The number of hydrogen-bond acceptors (Lipinski definition) is 4. The third kappa shape index (κ3) is 2.60. The molecule has 1 saturated carbocycles. The van der Waals surface area contributed by atoms with Gasteiger partial charge in [0.25, 0.3) is 5.91 Å². The first-order valence-corrected chi connectivity index (χ1v) is 8.99. The van der Waals surface area contributed by atoms with Gasteiger partial charge >= 0.3 is 0 Å². The molecular formula is C17H21N3O2S. The number of carbonyl (C=O) groups excluding carboxylic acids is 1. The van der Waals surface area contributed by atoms with Gasteiger partial charge in [-0.3, -0.25) is 4.79 Å². The molecule has 0 bridgehead atoms. The predicted octanol–water partition coefficient (Wildman–Crippen LogP) is 2.93. The zero-order valence-corrected chi connectivity index (χ0v) is 14.1. The highest BCUT2D eigenvalue weighted by molar-refractivity contribution is 7.16. The van der Waals surface area contributed by atoms with Crippen molar-refractivity contribution in [1.29, 1.82) is 0 Å². The molecule has 1 spiro atoms. The van der Waals surface area contributed by atoms with Crippen molar-refractivity contribution in [3.63, 3.8) is 0 Å². The molecule has 1 aliphatic carbocycles. The average molecular weight is 331 g/mol. The first-order valence-electron chi connectivity index (χ1n) is 8.17. The third-order valence-electron chi connectivity index (χ3n) is 5.28. The molecule has 0 aromatic carbocycles. The number of amides is 1. The summed E-state index contributed by atoms with van der Waals surface area (Å²) >= 11 is 1.45. The fourth-order valence-corrected chi connectivity index (χ4v) is 4.62. The van der Waals surface area contributed by atoms with Gasteiger partial charge in [0.05, 0.1) is 5.69 Å². The maximum atomic E-state index is 12.7. The van der Waals surface area contributed by atoms with Gasteiger partial charge in [-0.25, -0.2) is 4.98 Å². The minimum atomic E-state index is 0.0222. The van der Waals surface area contributed by atoms with Crippen molar-refractivity contribution in [3.05, 3.63) is 35.1 Å². The topological polar surface area (TPSA) is 56.2 Å². The number of aryl methyl sites for hydroxylation is 1. The highest BCUT2D eigenvalue weighted by Gasteiger charge is 2.48. The van der Waals surface area contributed by atoms with E-state index in [2.05, 4.69) is 10.3 Å². The van der Waals surface area contributed by atoms with Crippen LogP contribution in [0.1, 0.15) is 41.0 Å². The second-order valence-corrected chi connectivity index (χ2v) is 7.52. The smallest absolute Gasteiger partial charge is 0.263 e. The van der Waals surface area contributed by atoms with Crippen LogP contribution in [0.5, 0.6) is 0 Å². The Morgan fingerprint density at radius 3 is 2.74 bits per heavy atom. The highest BCUT2D eigenvalue weighted by Crippen LogP contribution is 2.48. The average Bonchev–Trinajstić information content (AvgIpc) is 3.21. The molecule has 3 heterocycles. The van der Waals surface area contributed by atoms with E-state index in [1.54, 1.807) is 0 Å². The Balaban J connectivity index is 1.49. The van der Waals surface area contributed by atoms with E-state index in [0.29, 0.717) is 0 Å². The summed E-state index contributed by atoms with van der Waals surface area (Å²) in [6.45, 7) is 3.55. The van der Waals surface area contributed by atoms with E-state index in [1.165, 1.54) is 17.8 Å². The second-order valence-electron chi connectivity index (χ2n) is 6.54. The van der Waals surface area contributed by atoms with Gasteiger partial charge in [-0.1, -0.05) is 11.3 Å². The molecule has 2 fully saturated rings. The fourth-order valence-electron chi connectivity index (χ4n) is 3.69. The first kappa shape index (κ1) is 14.9. The fraction of sp³-hybridized carbons (Fsp3) is 0.529. The Labute approximate surface area is 139 Å². The van der Waals surface area contributed by atoms with Crippen LogP contribution in [0.15, 0.2) is 24.5 Å². The van der Waals surface area contributed by atoms with Gasteiger partial charge in [-0.05, 0) is 50.2 Å². The molecule has 2 aromatic rings. The summed E-state index contributed by atoms with van der Waals surface area (Å²) < 4.78 is 7.42. The van der Waals surface area contributed by atoms with Gasteiger partial charge in [-0.15, -0.1) is 0 Å². The van der Waals surface area contributed by atoms with Crippen molar-refractivity contribution in [3.8, 4) is 5.13 Å². The van der Waals surface area contributed by atoms with Crippen LogP contribution in [0.25, 0.3) is 5.13 Å². The summed E-state index contributed by atoms with van der Waals surface area (Å²) in [4.78, 5) is 18.0. The number of hydrogen-bond donors (Lipinski definition) is 1. The van der Waals surface area contributed by atoms with E-state index < -0.39 is 0 Å². The molecule has 1 amide bonds. The van der Waals surface area contributed by atoms with E-state index in [0.717, 1.165) is 48.2 Å². The largest absolute Gasteiger partial charge is 0.381 e. The standard InChI is InChI=1S/C17H21N3O2S/c1-12-14(23-16(18-12)20-8-2-3-9-20)15(21)19-13-4-5-17(13)6-10-22-11-7-17/h2-3,8-9,13H,4-7,10-11H2,1H3,(H,19,21). The van der Waals surface area contributed by atoms with Crippen LogP contribution >= 0.6 is 11.3 Å². The van der Waals surface area contributed by atoms with E-state index in [1.807, 2.05) is 36.0 Å². The summed E-state index contributed by atoms with van der Waals surface area (Å²) in [5, 5.41) is 4.10. The number of nitrogens with zero attached hydrogens (tertiary/aromatic N) is 2. The zero-order valence-electron chi connectivity index (χ0n) is 13.2. The summed E-state index contributed by atoms with van der Waals surface area (Å²) in [6.07, 6.45) is 8.31. The maximum Gasteiger partial charge on any atom is 0.263 e. The number of nitrogens with one attached hydrogen (secondary N) is 1. The molecule has 122 valence electrons. The van der Waals surface area contributed by atoms with Crippen molar-refractivity contribution >= 4 is 17.2 Å². The van der Waals surface area contributed by atoms with Crippen molar-refractivity contribution in [2.75, 3.05) is 13.2 Å². The maximum absolute atomic E-state index is 12.7. The lowest BCUT2D eigenvalue weighted by Gasteiger charge is -2.52. The zero-order chi connectivity index (χ0) is 15.9. The summed E-state index contributed by atoms with van der Waals surface area (Å²) in [5.74, 6) is 0.0222. The minimum absolute atomic E-state index is 0.0222. The van der Waals surface area contributed by atoms with Gasteiger partial charge in [0.15, 0.2) is 5.13 Å². The highest BCUT2D eigenvalue weighted by atomic mass is 32.1. The number of rotatable bonds is 3. The SMILES string of the molecule is Cc1nc(-n2cccc2)sc1C(=O)NC1CCC12CCOCC2. The summed E-state index contributed by atoms with van der Waals surface area (Å²) in [5.41, 5.74) is 1.08. The van der Waals surface area contributed by atoms with E-state index >= 15 is 0 Å². The number of ether oxygens (including phenoxy) is 1. The van der Waals surface area contributed by atoms with Crippen LogP contribution in [0.2, 0.25) is 0 Å². The quantitative estimate of drug-likeness (QED) is 0.941. The Hall–Kier alpha value is -1.66. The first-order chi connectivity index (χ1) is 11.2. The van der Waals surface area contributed by atoms with Crippen LogP contribution in [0, 0.1) is 12.3 Å². The lowest BCUT2D eigenvalue weighted by molar-refractivity contribution is -0.0522. The van der Waals surface area contributed by atoms with Crippen molar-refractivity contribution in [2.45, 2.75) is 38.6 Å². The van der Waals surface area contributed by atoms with E-state index in [4.69, 9.17) is 4.74 Å². The number of aromatic nitrogens is 2. The van der Waals surface area contributed by atoms with Crippen LogP contribution in [-0.4, -0.2) is 34.7 Å². The Kier molecular flexibility index (Phi) is 3.73. The molecule has 1 N–H and O–H groups in total. The van der Waals surface area contributed by atoms with Crippen molar-refractivity contribution < 1.29 is 9.53 Å². The van der Waals surface area contributed by atoms with Gasteiger partial charge in [0, 0.05) is 31.6 Å². The van der Waals surface area contributed by atoms with E-state index in [-0.39, 0.29) is 17.4 Å². The van der Waals surface area contributed by atoms with Crippen LogP contribution in [-0.2, 0) is 4.74 Å². The molecule has 1 unspecified atom stereocenters. The normalized spacial score (nSPS) is 22.7. The number of carbonyl (C=O) groups is 1. The molecule has 4 rings (SSSR count). The molecular weight excluding hydrogens is 310 g/mol. The molecule has 2 aromatic heterocycles. The lowest BCUT2D eigenvalue weighted by Crippen LogP contribution is -2.57. The van der Waals surface area contributed by atoms with Gasteiger partial charge in [0.2, 0.25) is 0 Å². The van der Waals surface area contributed by atoms with E-state index in [9.17, 15) is 4.79 Å². The lowest BCUT2D eigenvalue weighted by atomic mass is 9.60. The molecule has 6 heteroatoms. The second kappa shape index (κ2) is 5.76. The molecule has 23 heavy (non-hydrogen) atoms. The van der Waals surface area contributed by atoms with Gasteiger partial charge in [-0.2, -0.15) is 0 Å². The summed E-state index contributed by atoms with van der Waals surface area (Å²) in [7, 11) is 0. The minimum Gasteiger partial charge on any atom is -0.381 e. The van der Waals surface area contributed by atoms with Crippen molar-refractivity contribution in [2.24, 2.45) is 5.41 Å². The molecule has 1 saturated heterocycles. The Bertz CT molecular complexity index is 702. The third-order valence-corrected chi connectivity index (χ3v) is 6.45. The number of thiazole rings is 1.